The normalized spacial score (nSPS) is 12.5. The molecular formula is C6H13IN2O4. The van der Waals surface area contributed by atoms with Gasteiger partial charge in [-0.25, -0.2) is 4.89 Å². The number of hydrogen-bond acceptors (Lipinski definition) is 5. The molecule has 0 fully saturated rings. The molecule has 1 atom stereocenters. The van der Waals surface area contributed by atoms with Crippen LogP contribution >= 0.6 is 23.0 Å². The quantitative estimate of drug-likeness (QED) is 0.243. The van der Waals surface area contributed by atoms with Gasteiger partial charge in [-0.15, -0.1) is 0 Å². The predicted octanol–water partition coefficient (Wildman–Crippen LogP) is -1.02. The smallest absolute Gasteiger partial charge is 0.251 e. The summed E-state index contributed by atoms with van der Waals surface area (Å²) in [5.74, 6) is -0.469. The summed E-state index contributed by atoms with van der Waals surface area (Å²) < 4.78 is 4.21. The van der Waals surface area contributed by atoms with Gasteiger partial charge >= 0.3 is 0 Å². The molecule has 0 aromatic heterocycles. The molecule has 0 radical (unpaired) electrons. The van der Waals surface area contributed by atoms with E-state index in [0.717, 1.165) is 0 Å². The van der Waals surface area contributed by atoms with Crippen LogP contribution in [0, 0.1) is 0 Å². The van der Waals surface area contributed by atoms with Gasteiger partial charge < -0.3 is 15.7 Å². The van der Waals surface area contributed by atoms with Crippen LogP contribution in [0.25, 0.3) is 0 Å². The molecule has 7 heteroatoms. The first-order chi connectivity index (χ1) is 6.22. The molecule has 0 aliphatic carbocycles. The maximum Gasteiger partial charge on any atom is 0.251 e. The van der Waals surface area contributed by atoms with Crippen molar-refractivity contribution in [3.63, 3.8) is 0 Å². The van der Waals surface area contributed by atoms with Crippen LogP contribution < -0.4 is 10.6 Å². The lowest BCUT2D eigenvalue weighted by atomic mass is 10.3. The van der Waals surface area contributed by atoms with Gasteiger partial charge in [-0.05, 0) is 7.05 Å². The summed E-state index contributed by atoms with van der Waals surface area (Å²) in [5, 5.41) is 14.5. The van der Waals surface area contributed by atoms with E-state index in [1.54, 1.807) is 7.05 Å². The lowest BCUT2D eigenvalue weighted by Gasteiger charge is -2.09. The molecule has 0 rings (SSSR count). The minimum Gasteiger partial charge on any atom is -0.381 e. The summed E-state index contributed by atoms with van der Waals surface area (Å²) in [6.07, 6.45) is -1.19. The molecule has 0 aliphatic rings. The van der Waals surface area contributed by atoms with Gasteiger partial charge in [0, 0.05) is 13.1 Å². The number of aliphatic hydroxyl groups is 1. The summed E-state index contributed by atoms with van der Waals surface area (Å²) in [4.78, 5) is 15.4. The maximum atomic E-state index is 11.0. The second-order valence-electron chi connectivity index (χ2n) is 2.26. The molecule has 0 aromatic rings. The standard InChI is InChI=1S/C6H13IN2O4/c1-8-2-3-9-6(11)5(10)4-12-13-7/h5,8,10H,2-4H2,1H3,(H,9,11). The number of hydrogen-bond donors (Lipinski definition) is 3. The van der Waals surface area contributed by atoms with Crippen molar-refractivity contribution in [2.45, 2.75) is 6.10 Å². The number of carbonyl (C=O) groups is 1. The fraction of sp³-hybridized carbons (Fsp3) is 0.833. The molecule has 0 aromatic carbocycles. The Balaban J connectivity index is 3.45. The number of aliphatic hydroxyl groups excluding tert-OH is 1. The molecule has 78 valence electrons. The van der Waals surface area contributed by atoms with Gasteiger partial charge in [0.1, 0.15) is 6.61 Å². The van der Waals surface area contributed by atoms with Crippen LogP contribution in [0.1, 0.15) is 0 Å². The Kier molecular flexibility index (Phi) is 8.66. The van der Waals surface area contributed by atoms with Gasteiger partial charge in [0.05, 0.1) is 0 Å². The van der Waals surface area contributed by atoms with E-state index in [4.69, 9.17) is 5.11 Å². The number of rotatable bonds is 7. The van der Waals surface area contributed by atoms with Gasteiger partial charge in [0.2, 0.25) is 0 Å². The molecule has 6 nitrogen and oxygen atoms in total. The highest BCUT2D eigenvalue weighted by Crippen LogP contribution is 1.91. The highest BCUT2D eigenvalue weighted by molar-refractivity contribution is 14.1. The van der Waals surface area contributed by atoms with Crippen LogP contribution in [0.5, 0.6) is 0 Å². The van der Waals surface area contributed by atoms with Gasteiger partial charge in [0.15, 0.2) is 29.1 Å². The van der Waals surface area contributed by atoms with Crippen LogP contribution in [0.3, 0.4) is 0 Å². The van der Waals surface area contributed by atoms with Crippen LogP contribution in [0.15, 0.2) is 0 Å². The van der Waals surface area contributed by atoms with Crippen molar-refractivity contribution < 1.29 is 18.0 Å². The Hall–Kier alpha value is 0.0400. The minimum atomic E-state index is -1.19. The Morgan fingerprint density at radius 2 is 2.31 bits per heavy atom. The molecule has 0 bridgehead atoms. The zero-order chi connectivity index (χ0) is 10.1. The first-order valence-corrected chi connectivity index (χ1v) is 4.61. The first kappa shape index (κ1) is 13.0. The molecule has 13 heavy (non-hydrogen) atoms. The summed E-state index contributed by atoms with van der Waals surface area (Å²) in [7, 11) is 1.77. The van der Waals surface area contributed by atoms with E-state index in [9.17, 15) is 4.79 Å². The lowest BCUT2D eigenvalue weighted by molar-refractivity contribution is -0.189. The van der Waals surface area contributed by atoms with E-state index in [1.807, 2.05) is 0 Å². The number of carbonyl (C=O) groups excluding carboxylic acids is 1. The second kappa shape index (κ2) is 8.63. The third kappa shape index (κ3) is 7.14. The Morgan fingerprint density at radius 1 is 1.62 bits per heavy atom. The molecule has 3 N–H and O–H groups in total. The van der Waals surface area contributed by atoms with Gasteiger partial charge in [-0.3, -0.25) is 4.79 Å². The Bertz CT molecular complexity index is 147. The van der Waals surface area contributed by atoms with Gasteiger partial charge in [0.25, 0.3) is 5.91 Å². The molecular weight excluding hydrogens is 291 g/mol. The van der Waals surface area contributed by atoms with E-state index >= 15 is 0 Å². The average Bonchev–Trinajstić information content (AvgIpc) is 2.14. The predicted molar refractivity (Wildman–Crippen MR) is 54.0 cm³/mol. The Labute approximate surface area is 90.6 Å². The van der Waals surface area contributed by atoms with E-state index in [1.165, 1.54) is 23.0 Å². The van der Waals surface area contributed by atoms with Crippen molar-refractivity contribution >= 4 is 28.9 Å². The van der Waals surface area contributed by atoms with E-state index in [-0.39, 0.29) is 6.61 Å². The monoisotopic (exact) mass is 304 g/mol. The van der Waals surface area contributed by atoms with Crippen LogP contribution in [-0.4, -0.2) is 43.9 Å². The topological polar surface area (TPSA) is 79.8 Å². The van der Waals surface area contributed by atoms with Crippen molar-refractivity contribution in [2.24, 2.45) is 0 Å². The van der Waals surface area contributed by atoms with Crippen LogP contribution in [0.2, 0.25) is 0 Å². The molecule has 0 aliphatic heterocycles. The fourth-order valence-electron chi connectivity index (χ4n) is 0.594. The third-order valence-electron chi connectivity index (χ3n) is 1.25. The van der Waals surface area contributed by atoms with Crippen molar-refractivity contribution in [1.82, 2.24) is 10.6 Å². The Morgan fingerprint density at radius 3 is 2.85 bits per heavy atom. The summed E-state index contributed by atoms with van der Waals surface area (Å²) in [6.45, 7) is 0.952. The highest BCUT2D eigenvalue weighted by Gasteiger charge is 2.14. The first-order valence-electron chi connectivity index (χ1n) is 3.73. The van der Waals surface area contributed by atoms with Gasteiger partial charge in [-0.2, -0.15) is 3.22 Å². The zero-order valence-electron chi connectivity index (χ0n) is 7.25. The third-order valence-corrected chi connectivity index (χ3v) is 1.50. The van der Waals surface area contributed by atoms with Crippen molar-refractivity contribution in [1.29, 1.82) is 0 Å². The zero-order valence-corrected chi connectivity index (χ0v) is 9.41. The van der Waals surface area contributed by atoms with Crippen molar-refractivity contribution in [3.8, 4) is 0 Å². The van der Waals surface area contributed by atoms with Crippen LogP contribution in [0.4, 0.5) is 0 Å². The van der Waals surface area contributed by atoms with Gasteiger partial charge in [-0.1, -0.05) is 0 Å². The average molecular weight is 304 g/mol. The number of amides is 1. The largest absolute Gasteiger partial charge is 0.381 e. The molecule has 0 saturated carbocycles. The second-order valence-corrected chi connectivity index (χ2v) is 2.62. The van der Waals surface area contributed by atoms with E-state index in [0.29, 0.717) is 13.1 Å². The SMILES string of the molecule is CNCCNC(=O)C(O)COOI. The van der Waals surface area contributed by atoms with E-state index in [2.05, 4.69) is 18.7 Å². The summed E-state index contributed by atoms with van der Waals surface area (Å²) in [6, 6.07) is 0. The van der Waals surface area contributed by atoms with E-state index < -0.39 is 12.0 Å². The lowest BCUT2D eigenvalue weighted by Crippen LogP contribution is -2.40. The van der Waals surface area contributed by atoms with Crippen LogP contribution in [-0.2, 0) is 12.9 Å². The summed E-state index contributed by atoms with van der Waals surface area (Å²) in [5.41, 5.74) is 0. The molecule has 0 saturated heterocycles. The molecule has 1 amide bonds. The number of nitrogens with one attached hydrogen (secondary N) is 2. The van der Waals surface area contributed by atoms with Crippen molar-refractivity contribution in [3.05, 3.63) is 0 Å². The fourth-order valence-corrected chi connectivity index (χ4v) is 0.741. The molecule has 0 heterocycles. The maximum absolute atomic E-state index is 11.0. The number of halogens is 1. The minimum absolute atomic E-state index is 0.172. The molecule has 1 unspecified atom stereocenters. The number of likely N-dealkylation sites (N-methyl/N-ethyl adjacent to an activating group) is 1. The highest BCUT2D eigenvalue weighted by atomic mass is 127. The summed E-state index contributed by atoms with van der Waals surface area (Å²) >= 11 is 1.50. The molecule has 0 spiro atoms. The van der Waals surface area contributed by atoms with Crippen molar-refractivity contribution in [2.75, 3.05) is 26.7 Å².